The van der Waals surface area contributed by atoms with Gasteiger partial charge in [-0.3, -0.25) is 0 Å². The van der Waals surface area contributed by atoms with Crippen molar-refractivity contribution in [2.45, 2.75) is 19.3 Å². The molecule has 0 amide bonds. The molecule has 4 heteroatoms. The van der Waals surface area contributed by atoms with Crippen molar-refractivity contribution in [3.8, 4) is 0 Å². The van der Waals surface area contributed by atoms with Crippen molar-refractivity contribution < 1.29 is 0 Å². The molecule has 0 atom stereocenters. The average molecular weight is 233 g/mol. The minimum atomic E-state index is 0.658. The summed E-state index contributed by atoms with van der Waals surface area (Å²) in [5, 5.41) is 0.658. The number of nitrogens with two attached hydrogens (primary N) is 1. The first-order chi connectivity index (χ1) is 7.83. The summed E-state index contributed by atoms with van der Waals surface area (Å²) < 4.78 is 1.19. The molecule has 2 heterocycles. The number of aromatic nitrogens is 1. The number of piperidine rings is 1. The number of hydrogen-bond donors (Lipinski definition) is 1. The molecule has 0 saturated carbocycles. The smallest absolute Gasteiger partial charge is 0.181 e. The van der Waals surface area contributed by atoms with Crippen molar-refractivity contribution in [3.05, 3.63) is 18.2 Å². The maximum atomic E-state index is 5.71. The van der Waals surface area contributed by atoms with Crippen LogP contribution in [0.3, 0.4) is 0 Å². The minimum absolute atomic E-state index is 0.658. The van der Waals surface area contributed by atoms with E-state index in [0.717, 1.165) is 5.52 Å². The van der Waals surface area contributed by atoms with Gasteiger partial charge in [-0.15, -0.1) is 0 Å². The van der Waals surface area contributed by atoms with Crippen molar-refractivity contribution in [2.24, 2.45) is 0 Å². The Morgan fingerprint density at radius 1 is 1.19 bits per heavy atom. The first-order valence-electron chi connectivity index (χ1n) is 5.74. The van der Waals surface area contributed by atoms with Gasteiger partial charge >= 0.3 is 0 Å². The first-order valence-corrected chi connectivity index (χ1v) is 6.55. The van der Waals surface area contributed by atoms with E-state index in [1.165, 1.54) is 42.7 Å². The second kappa shape index (κ2) is 3.94. The lowest BCUT2D eigenvalue weighted by atomic mass is 10.1. The summed E-state index contributed by atoms with van der Waals surface area (Å²) in [6, 6.07) is 6.45. The van der Waals surface area contributed by atoms with Gasteiger partial charge in [0.25, 0.3) is 0 Å². The van der Waals surface area contributed by atoms with E-state index in [4.69, 9.17) is 5.73 Å². The van der Waals surface area contributed by atoms with Gasteiger partial charge < -0.3 is 10.6 Å². The minimum Gasteiger partial charge on any atom is -0.375 e. The fourth-order valence-electron chi connectivity index (χ4n) is 2.28. The molecular weight excluding hydrogens is 218 g/mol. The molecule has 3 nitrogen and oxygen atoms in total. The molecule has 2 aromatic rings. The number of thiazole rings is 1. The van der Waals surface area contributed by atoms with Crippen LogP contribution in [0, 0.1) is 0 Å². The van der Waals surface area contributed by atoms with Crippen LogP contribution < -0.4 is 10.6 Å². The van der Waals surface area contributed by atoms with Crippen molar-refractivity contribution in [2.75, 3.05) is 23.7 Å². The Bertz CT molecular complexity index is 500. The molecule has 1 aromatic heterocycles. The molecule has 1 aliphatic rings. The Hall–Kier alpha value is -1.29. The summed E-state index contributed by atoms with van der Waals surface area (Å²) in [6.07, 6.45) is 3.98. The highest BCUT2D eigenvalue weighted by molar-refractivity contribution is 7.22. The number of anilines is 2. The van der Waals surface area contributed by atoms with Crippen molar-refractivity contribution in [3.63, 3.8) is 0 Å². The summed E-state index contributed by atoms with van der Waals surface area (Å²) in [5.41, 5.74) is 8.05. The Labute approximate surface area is 98.9 Å². The summed E-state index contributed by atoms with van der Waals surface area (Å²) in [7, 11) is 0. The molecule has 0 unspecified atom stereocenters. The Morgan fingerprint density at radius 3 is 2.81 bits per heavy atom. The van der Waals surface area contributed by atoms with Crippen molar-refractivity contribution in [1.29, 1.82) is 0 Å². The summed E-state index contributed by atoms with van der Waals surface area (Å²) in [4.78, 5) is 6.73. The van der Waals surface area contributed by atoms with Crippen LogP contribution in [0.5, 0.6) is 0 Å². The highest BCUT2D eigenvalue weighted by atomic mass is 32.1. The van der Waals surface area contributed by atoms with Gasteiger partial charge in [0, 0.05) is 18.8 Å². The molecule has 2 N–H and O–H groups in total. The normalized spacial score (nSPS) is 16.9. The van der Waals surface area contributed by atoms with Gasteiger partial charge in [-0.1, -0.05) is 11.3 Å². The predicted octanol–water partition coefficient (Wildman–Crippen LogP) is 2.87. The zero-order valence-electron chi connectivity index (χ0n) is 9.15. The van der Waals surface area contributed by atoms with Crippen molar-refractivity contribution >= 4 is 32.4 Å². The lowest BCUT2D eigenvalue weighted by Gasteiger charge is -2.28. The van der Waals surface area contributed by atoms with Gasteiger partial charge in [-0.2, -0.15) is 0 Å². The topological polar surface area (TPSA) is 42.1 Å². The molecule has 1 aromatic carbocycles. The predicted molar refractivity (Wildman–Crippen MR) is 70.1 cm³/mol. The van der Waals surface area contributed by atoms with Gasteiger partial charge in [0.05, 0.1) is 10.2 Å². The quantitative estimate of drug-likeness (QED) is 0.823. The first kappa shape index (κ1) is 9.90. The number of rotatable bonds is 1. The fraction of sp³-hybridized carbons (Fsp3) is 0.417. The molecule has 0 spiro atoms. The monoisotopic (exact) mass is 233 g/mol. The van der Waals surface area contributed by atoms with E-state index in [0.29, 0.717) is 5.13 Å². The van der Waals surface area contributed by atoms with Gasteiger partial charge in [0.15, 0.2) is 5.13 Å². The van der Waals surface area contributed by atoms with Crippen LogP contribution in [0.25, 0.3) is 10.2 Å². The van der Waals surface area contributed by atoms with Gasteiger partial charge in [-0.05, 0) is 37.5 Å². The molecule has 84 valence electrons. The van der Waals surface area contributed by atoms with Crippen LogP contribution in [0.4, 0.5) is 10.8 Å². The van der Waals surface area contributed by atoms with E-state index in [2.05, 4.69) is 28.1 Å². The summed E-state index contributed by atoms with van der Waals surface area (Å²) >= 11 is 1.57. The largest absolute Gasteiger partial charge is 0.375 e. The van der Waals surface area contributed by atoms with Gasteiger partial charge in [0.2, 0.25) is 0 Å². The van der Waals surface area contributed by atoms with Gasteiger partial charge in [-0.25, -0.2) is 4.98 Å². The lowest BCUT2D eigenvalue weighted by Crippen LogP contribution is -2.29. The Morgan fingerprint density at radius 2 is 2.00 bits per heavy atom. The number of nitrogen functional groups attached to an aromatic ring is 1. The van der Waals surface area contributed by atoms with Crippen LogP contribution in [-0.2, 0) is 0 Å². The Kier molecular flexibility index (Phi) is 2.44. The van der Waals surface area contributed by atoms with Gasteiger partial charge in [0.1, 0.15) is 0 Å². The number of fused-ring (bicyclic) bond motifs is 1. The van der Waals surface area contributed by atoms with E-state index < -0.39 is 0 Å². The zero-order chi connectivity index (χ0) is 11.0. The second-order valence-electron chi connectivity index (χ2n) is 4.25. The standard InChI is InChI=1S/C12H15N3S/c13-12-14-10-5-4-9(8-11(10)16-12)15-6-2-1-3-7-15/h4-5,8H,1-3,6-7H2,(H2,13,14). The summed E-state index contributed by atoms with van der Waals surface area (Å²) in [5.74, 6) is 0. The maximum absolute atomic E-state index is 5.71. The van der Waals surface area contributed by atoms with E-state index in [1.807, 2.05) is 0 Å². The maximum Gasteiger partial charge on any atom is 0.181 e. The van der Waals surface area contributed by atoms with E-state index in [-0.39, 0.29) is 0 Å². The third kappa shape index (κ3) is 1.73. The fourth-order valence-corrected chi connectivity index (χ4v) is 3.05. The van der Waals surface area contributed by atoms with Crippen LogP contribution >= 0.6 is 11.3 Å². The van der Waals surface area contributed by atoms with E-state index in [1.54, 1.807) is 11.3 Å². The van der Waals surface area contributed by atoms with E-state index in [9.17, 15) is 0 Å². The highest BCUT2D eigenvalue weighted by Crippen LogP contribution is 2.29. The second-order valence-corrected chi connectivity index (χ2v) is 5.31. The third-order valence-corrected chi connectivity index (χ3v) is 3.96. The molecule has 1 fully saturated rings. The molecule has 0 bridgehead atoms. The number of benzene rings is 1. The van der Waals surface area contributed by atoms with Crippen LogP contribution in [-0.4, -0.2) is 18.1 Å². The lowest BCUT2D eigenvalue weighted by molar-refractivity contribution is 0.578. The van der Waals surface area contributed by atoms with Crippen LogP contribution in [0.1, 0.15) is 19.3 Å². The van der Waals surface area contributed by atoms with Crippen molar-refractivity contribution in [1.82, 2.24) is 4.98 Å². The molecule has 3 rings (SSSR count). The third-order valence-electron chi connectivity index (χ3n) is 3.11. The van der Waals surface area contributed by atoms with Crippen LogP contribution in [0.2, 0.25) is 0 Å². The van der Waals surface area contributed by atoms with Crippen LogP contribution in [0.15, 0.2) is 18.2 Å². The molecule has 1 aliphatic heterocycles. The summed E-state index contributed by atoms with van der Waals surface area (Å²) in [6.45, 7) is 2.36. The zero-order valence-corrected chi connectivity index (χ0v) is 9.96. The molecule has 1 saturated heterocycles. The number of nitrogens with zero attached hydrogens (tertiary/aromatic N) is 2. The number of hydrogen-bond acceptors (Lipinski definition) is 4. The SMILES string of the molecule is Nc1nc2ccc(N3CCCCC3)cc2s1. The molecule has 16 heavy (non-hydrogen) atoms. The molecule has 0 aliphatic carbocycles. The van der Waals surface area contributed by atoms with E-state index >= 15 is 0 Å². The molecule has 0 radical (unpaired) electrons. The average Bonchev–Trinajstić information content (AvgIpc) is 2.69. The molecular formula is C12H15N3S. The Balaban J connectivity index is 1.97. The highest BCUT2D eigenvalue weighted by Gasteiger charge is 2.11.